The van der Waals surface area contributed by atoms with Gasteiger partial charge in [0.1, 0.15) is 0 Å². The molecular formula is C23H26N4O4. The van der Waals surface area contributed by atoms with E-state index in [2.05, 4.69) is 15.7 Å². The molecule has 0 aromatic heterocycles. The van der Waals surface area contributed by atoms with E-state index in [1.165, 1.54) is 6.21 Å². The van der Waals surface area contributed by atoms with Crippen LogP contribution in [0.2, 0.25) is 0 Å². The Morgan fingerprint density at radius 2 is 1.68 bits per heavy atom. The summed E-state index contributed by atoms with van der Waals surface area (Å²) in [7, 11) is 0. The zero-order valence-corrected chi connectivity index (χ0v) is 17.0. The van der Waals surface area contributed by atoms with E-state index in [0.717, 1.165) is 17.5 Å². The van der Waals surface area contributed by atoms with Crippen molar-refractivity contribution < 1.29 is 19.5 Å². The highest BCUT2D eigenvalue weighted by Gasteiger charge is 2.38. The fourth-order valence-corrected chi connectivity index (χ4v) is 3.95. The monoisotopic (exact) mass is 422 g/mol. The molecule has 8 nitrogen and oxygen atoms in total. The lowest BCUT2D eigenvalue weighted by atomic mass is 9.93. The number of anilines is 1. The van der Waals surface area contributed by atoms with Crippen LogP contribution in [0.25, 0.3) is 0 Å². The van der Waals surface area contributed by atoms with Crippen LogP contribution in [-0.2, 0) is 14.4 Å². The van der Waals surface area contributed by atoms with Crippen LogP contribution in [0, 0.1) is 11.8 Å². The molecule has 2 aromatic carbocycles. The third-order valence-electron chi connectivity index (χ3n) is 5.49. The van der Waals surface area contributed by atoms with E-state index in [9.17, 15) is 19.5 Å². The number of carbonyl (C=O) groups excluding carboxylic acids is 2. The minimum absolute atomic E-state index is 0.215. The Kier molecular flexibility index (Phi) is 7.37. The Morgan fingerprint density at radius 1 is 1.03 bits per heavy atom. The number of nitrogens with zero attached hydrogens (tertiary/aromatic N) is 1. The summed E-state index contributed by atoms with van der Waals surface area (Å²) in [5.41, 5.74) is 2.15. The first-order chi connectivity index (χ1) is 15.0. The molecule has 5 N–H and O–H groups in total. The van der Waals surface area contributed by atoms with Gasteiger partial charge in [-0.05, 0) is 36.1 Å². The second kappa shape index (κ2) is 10.4. The minimum atomic E-state index is -1.00. The standard InChI is InChI=1S/C23H26N4O4/c24-25-14-15-9-11-17(12-10-15)26-22(30)18-7-4-8-19(18)23(31)27-20(13-21(28)29)16-5-2-1-3-6-16/h1-3,5-6,9-12,14,18-20H,4,7-8,13,24H2,(H,26,30)(H,27,31)(H,28,29). The van der Waals surface area contributed by atoms with E-state index in [1.807, 2.05) is 6.07 Å². The Balaban J connectivity index is 1.67. The first-order valence-electron chi connectivity index (χ1n) is 10.2. The van der Waals surface area contributed by atoms with Gasteiger partial charge in [0.25, 0.3) is 0 Å². The highest BCUT2D eigenvalue weighted by Crippen LogP contribution is 2.34. The average Bonchev–Trinajstić information content (AvgIpc) is 3.25. The topological polar surface area (TPSA) is 134 Å². The number of nitrogens with one attached hydrogen (secondary N) is 2. The van der Waals surface area contributed by atoms with Gasteiger partial charge in [0.05, 0.1) is 18.7 Å². The molecule has 3 rings (SSSR count). The summed E-state index contributed by atoms with van der Waals surface area (Å²) >= 11 is 0. The quantitative estimate of drug-likeness (QED) is 0.295. The van der Waals surface area contributed by atoms with Gasteiger partial charge in [0.2, 0.25) is 11.8 Å². The molecule has 1 aliphatic carbocycles. The number of hydrazone groups is 1. The van der Waals surface area contributed by atoms with Gasteiger partial charge in [-0.3, -0.25) is 14.4 Å². The Bertz CT molecular complexity index is 944. The summed E-state index contributed by atoms with van der Waals surface area (Å²) in [6.45, 7) is 0. The molecule has 1 saturated carbocycles. The number of nitrogens with two attached hydrogens (primary N) is 1. The first kappa shape index (κ1) is 22.0. The largest absolute Gasteiger partial charge is 0.481 e. The Labute approximate surface area is 180 Å². The number of hydrogen-bond donors (Lipinski definition) is 4. The van der Waals surface area contributed by atoms with Crippen LogP contribution in [0.4, 0.5) is 5.69 Å². The summed E-state index contributed by atoms with van der Waals surface area (Å²) in [4.78, 5) is 37.1. The summed E-state index contributed by atoms with van der Waals surface area (Å²) < 4.78 is 0. The SMILES string of the molecule is NN=Cc1ccc(NC(=O)C2CCCC2C(=O)NC(CC(=O)O)c2ccccc2)cc1. The number of carboxylic acids is 1. The van der Waals surface area contributed by atoms with Crippen LogP contribution < -0.4 is 16.5 Å². The van der Waals surface area contributed by atoms with Gasteiger partial charge in [-0.2, -0.15) is 5.10 Å². The fraction of sp³-hybridized carbons (Fsp3) is 0.304. The van der Waals surface area contributed by atoms with Crippen molar-refractivity contribution in [2.75, 3.05) is 5.32 Å². The van der Waals surface area contributed by atoms with Crippen LogP contribution in [0.15, 0.2) is 59.7 Å². The van der Waals surface area contributed by atoms with E-state index in [1.54, 1.807) is 48.5 Å². The molecule has 8 heteroatoms. The van der Waals surface area contributed by atoms with Crippen molar-refractivity contribution in [2.24, 2.45) is 22.8 Å². The minimum Gasteiger partial charge on any atom is -0.481 e. The second-order valence-corrected chi connectivity index (χ2v) is 7.60. The van der Waals surface area contributed by atoms with Gasteiger partial charge >= 0.3 is 5.97 Å². The molecule has 0 bridgehead atoms. The van der Waals surface area contributed by atoms with E-state index in [0.29, 0.717) is 18.5 Å². The molecule has 1 aliphatic rings. The number of amides is 2. The van der Waals surface area contributed by atoms with Gasteiger partial charge in [-0.25, -0.2) is 0 Å². The predicted octanol–water partition coefficient (Wildman–Crippen LogP) is 2.67. The van der Waals surface area contributed by atoms with Crippen molar-refractivity contribution in [3.63, 3.8) is 0 Å². The highest BCUT2D eigenvalue weighted by atomic mass is 16.4. The summed E-state index contributed by atoms with van der Waals surface area (Å²) in [5, 5.41) is 18.4. The second-order valence-electron chi connectivity index (χ2n) is 7.60. The van der Waals surface area contributed by atoms with Crippen LogP contribution in [0.1, 0.15) is 42.9 Å². The average molecular weight is 422 g/mol. The lowest BCUT2D eigenvalue weighted by molar-refractivity contribution is -0.138. The van der Waals surface area contributed by atoms with Crippen molar-refractivity contribution in [2.45, 2.75) is 31.7 Å². The third-order valence-corrected chi connectivity index (χ3v) is 5.49. The molecule has 0 spiro atoms. The highest BCUT2D eigenvalue weighted by molar-refractivity contribution is 5.96. The van der Waals surface area contributed by atoms with Gasteiger partial charge < -0.3 is 21.6 Å². The summed E-state index contributed by atoms with van der Waals surface area (Å²) in [6.07, 6.45) is 3.24. The van der Waals surface area contributed by atoms with Gasteiger partial charge in [0, 0.05) is 17.5 Å². The fourth-order valence-electron chi connectivity index (χ4n) is 3.95. The van der Waals surface area contributed by atoms with Crippen LogP contribution >= 0.6 is 0 Å². The number of carbonyl (C=O) groups is 3. The van der Waals surface area contributed by atoms with Gasteiger partial charge in [-0.1, -0.05) is 48.9 Å². The maximum Gasteiger partial charge on any atom is 0.305 e. The van der Waals surface area contributed by atoms with Crippen molar-refractivity contribution in [3.05, 3.63) is 65.7 Å². The molecule has 1 fully saturated rings. The van der Waals surface area contributed by atoms with Crippen molar-refractivity contribution in [1.82, 2.24) is 5.32 Å². The van der Waals surface area contributed by atoms with Crippen LogP contribution in [-0.4, -0.2) is 29.1 Å². The molecule has 3 atom stereocenters. The number of benzene rings is 2. The van der Waals surface area contributed by atoms with Gasteiger partial charge in [0.15, 0.2) is 0 Å². The lowest BCUT2D eigenvalue weighted by Gasteiger charge is -2.23. The van der Waals surface area contributed by atoms with Crippen molar-refractivity contribution in [3.8, 4) is 0 Å². The lowest BCUT2D eigenvalue weighted by Crippen LogP contribution is -2.39. The molecule has 3 unspecified atom stereocenters. The first-order valence-corrected chi connectivity index (χ1v) is 10.2. The predicted molar refractivity (Wildman–Crippen MR) is 117 cm³/mol. The van der Waals surface area contributed by atoms with E-state index >= 15 is 0 Å². The van der Waals surface area contributed by atoms with E-state index < -0.39 is 23.8 Å². The number of aliphatic carboxylic acids is 1. The maximum absolute atomic E-state index is 13.0. The molecular weight excluding hydrogens is 396 g/mol. The van der Waals surface area contributed by atoms with Crippen molar-refractivity contribution >= 4 is 29.7 Å². The smallest absolute Gasteiger partial charge is 0.305 e. The molecule has 0 heterocycles. The van der Waals surface area contributed by atoms with Gasteiger partial charge in [-0.15, -0.1) is 0 Å². The van der Waals surface area contributed by atoms with Crippen LogP contribution in [0.5, 0.6) is 0 Å². The normalized spacial score (nSPS) is 19.1. The summed E-state index contributed by atoms with van der Waals surface area (Å²) in [6, 6.07) is 15.4. The molecule has 0 aliphatic heterocycles. The van der Waals surface area contributed by atoms with E-state index in [4.69, 9.17) is 5.84 Å². The van der Waals surface area contributed by atoms with Crippen LogP contribution in [0.3, 0.4) is 0 Å². The zero-order valence-electron chi connectivity index (χ0n) is 17.0. The molecule has 162 valence electrons. The maximum atomic E-state index is 13.0. The summed E-state index contributed by atoms with van der Waals surface area (Å²) in [5.74, 6) is 2.66. The molecule has 0 saturated heterocycles. The number of carboxylic acid groups (broad SMARTS) is 1. The Morgan fingerprint density at radius 3 is 2.29 bits per heavy atom. The number of hydrogen-bond acceptors (Lipinski definition) is 5. The molecule has 0 radical (unpaired) electrons. The molecule has 31 heavy (non-hydrogen) atoms. The van der Waals surface area contributed by atoms with Crippen molar-refractivity contribution in [1.29, 1.82) is 0 Å². The third kappa shape index (κ3) is 5.91. The molecule has 2 amide bonds. The molecule has 2 aromatic rings. The number of rotatable bonds is 8. The Hall–Kier alpha value is -3.68. The zero-order chi connectivity index (χ0) is 22.2. The van der Waals surface area contributed by atoms with E-state index in [-0.39, 0.29) is 18.2 Å².